The molecular weight excluding hydrogens is 288 g/mol. The van der Waals surface area contributed by atoms with Gasteiger partial charge in [0.05, 0.1) is 11.9 Å². The molecule has 5 heteroatoms. The van der Waals surface area contributed by atoms with Gasteiger partial charge in [0.2, 0.25) is 5.91 Å². The minimum Gasteiger partial charge on any atom is -0.355 e. The summed E-state index contributed by atoms with van der Waals surface area (Å²) in [7, 11) is 0. The Labute approximate surface area is 134 Å². The van der Waals surface area contributed by atoms with Gasteiger partial charge in [-0.25, -0.2) is 9.50 Å². The summed E-state index contributed by atoms with van der Waals surface area (Å²) < 4.78 is 1.89. The van der Waals surface area contributed by atoms with Crippen LogP contribution < -0.4 is 5.32 Å². The van der Waals surface area contributed by atoms with Gasteiger partial charge >= 0.3 is 0 Å². The van der Waals surface area contributed by atoms with Crippen LogP contribution in [0.4, 0.5) is 0 Å². The van der Waals surface area contributed by atoms with E-state index in [2.05, 4.69) is 46.6 Å². The van der Waals surface area contributed by atoms with Crippen molar-refractivity contribution >= 4 is 11.6 Å². The van der Waals surface area contributed by atoms with Gasteiger partial charge in [0.15, 0.2) is 5.65 Å². The molecule has 3 heterocycles. The first kappa shape index (κ1) is 13.9. The Morgan fingerprint density at radius 1 is 1.17 bits per heavy atom. The van der Waals surface area contributed by atoms with E-state index in [0.29, 0.717) is 6.42 Å². The van der Waals surface area contributed by atoms with Crippen molar-refractivity contribution in [1.29, 1.82) is 0 Å². The van der Waals surface area contributed by atoms with Crippen molar-refractivity contribution in [3.8, 4) is 11.3 Å². The maximum absolute atomic E-state index is 11.4. The average Bonchev–Trinajstić information content (AvgIpc) is 3.17. The Hall–Kier alpha value is -2.69. The van der Waals surface area contributed by atoms with Crippen LogP contribution in [0.2, 0.25) is 0 Å². The summed E-state index contributed by atoms with van der Waals surface area (Å²) in [5.74, 6) is 0.416. The Morgan fingerprint density at radius 3 is 2.65 bits per heavy atom. The van der Waals surface area contributed by atoms with E-state index in [4.69, 9.17) is 0 Å². The molecule has 0 aliphatic carbocycles. The zero-order valence-electron chi connectivity index (χ0n) is 13.2. The number of carbonyl (C=O) groups is 1. The molecule has 0 radical (unpaired) electrons. The number of aryl methyl sites for hydroxylation is 1. The molecule has 1 N–H and O–H groups in total. The van der Waals surface area contributed by atoms with Crippen LogP contribution in [0, 0.1) is 13.8 Å². The average molecular weight is 306 g/mol. The van der Waals surface area contributed by atoms with Gasteiger partial charge < -0.3 is 5.32 Å². The summed E-state index contributed by atoms with van der Waals surface area (Å²) in [5.41, 5.74) is 6.40. The fourth-order valence-corrected chi connectivity index (χ4v) is 3.23. The Morgan fingerprint density at radius 2 is 1.96 bits per heavy atom. The first-order valence-electron chi connectivity index (χ1n) is 7.81. The predicted octanol–water partition coefficient (Wildman–Crippen LogP) is 2.62. The molecule has 5 nitrogen and oxygen atoms in total. The lowest BCUT2D eigenvalue weighted by Crippen LogP contribution is -2.13. The predicted molar refractivity (Wildman–Crippen MR) is 88.3 cm³/mol. The monoisotopic (exact) mass is 306 g/mol. The van der Waals surface area contributed by atoms with Crippen molar-refractivity contribution < 1.29 is 4.79 Å². The molecule has 1 aromatic carbocycles. The summed E-state index contributed by atoms with van der Waals surface area (Å²) in [6.07, 6.45) is 2.35. The number of benzene rings is 1. The van der Waals surface area contributed by atoms with E-state index < -0.39 is 0 Å². The smallest absolute Gasteiger partial charge is 0.220 e. The van der Waals surface area contributed by atoms with Gasteiger partial charge in [0.25, 0.3) is 0 Å². The summed E-state index contributed by atoms with van der Waals surface area (Å²) in [6, 6.07) is 10.4. The van der Waals surface area contributed by atoms with E-state index in [1.165, 1.54) is 5.56 Å². The highest BCUT2D eigenvalue weighted by atomic mass is 16.1. The zero-order valence-corrected chi connectivity index (χ0v) is 13.2. The van der Waals surface area contributed by atoms with Gasteiger partial charge in [-0.1, -0.05) is 24.3 Å². The minimum absolute atomic E-state index is 0.137. The lowest BCUT2D eigenvalue weighted by molar-refractivity contribution is -0.119. The third kappa shape index (κ3) is 2.29. The number of nitrogens with one attached hydrogen (secondary N) is 1. The third-order valence-electron chi connectivity index (χ3n) is 4.65. The molecule has 3 aromatic rings. The lowest BCUT2D eigenvalue weighted by Gasteiger charge is -2.13. The zero-order chi connectivity index (χ0) is 16.0. The number of rotatable bonds is 2. The van der Waals surface area contributed by atoms with Gasteiger partial charge in [-0.15, -0.1) is 0 Å². The second kappa shape index (κ2) is 5.19. The molecule has 1 amide bonds. The second-order valence-electron chi connectivity index (χ2n) is 6.10. The quantitative estimate of drug-likeness (QED) is 0.792. The molecule has 2 aromatic heterocycles. The van der Waals surface area contributed by atoms with Crippen LogP contribution in [0.5, 0.6) is 0 Å². The minimum atomic E-state index is 0.137. The number of fused-ring (bicyclic) bond motifs is 1. The van der Waals surface area contributed by atoms with Crippen LogP contribution in [-0.2, 0) is 4.79 Å². The summed E-state index contributed by atoms with van der Waals surface area (Å²) in [6.45, 7) is 4.83. The number of nitrogens with zero attached hydrogens (tertiary/aromatic N) is 3. The Kier molecular flexibility index (Phi) is 3.15. The fourth-order valence-electron chi connectivity index (χ4n) is 3.23. The normalized spacial score (nSPS) is 17.7. The van der Waals surface area contributed by atoms with Gasteiger partial charge in [0, 0.05) is 36.2 Å². The van der Waals surface area contributed by atoms with Crippen LogP contribution >= 0.6 is 0 Å². The number of carbonyl (C=O) groups excluding carboxylic acids is 1. The van der Waals surface area contributed by atoms with Crippen LogP contribution in [0.15, 0.2) is 36.5 Å². The molecule has 1 aliphatic rings. The second-order valence-corrected chi connectivity index (χ2v) is 6.10. The van der Waals surface area contributed by atoms with Crippen molar-refractivity contribution in [2.45, 2.75) is 26.2 Å². The standard InChI is InChI=1S/C18H18N4O/c1-11-12(2)21-16-7-8-20-22(16)18(11)14-5-3-13(4-6-14)15-9-17(23)19-10-15/h3-8,15H,9-10H2,1-2H3,(H,19,23). The number of hydrogen-bond donors (Lipinski definition) is 1. The molecule has 1 saturated heterocycles. The maximum atomic E-state index is 11.4. The molecule has 1 atom stereocenters. The lowest BCUT2D eigenvalue weighted by atomic mass is 9.96. The van der Waals surface area contributed by atoms with Crippen molar-refractivity contribution in [2.75, 3.05) is 6.54 Å². The number of aromatic nitrogens is 3. The van der Waals surface area contributed by atoms with E-state index in [1.807, 2.05) is 17.5 Å². The molecule has 4 rings (SSSR count). The highest BCUT2D eigenvalue weighted by Crippen LogP contribution is 2.29. The largest absolute Gasteiger partial charge is 0.355 e. The van der Waals surface area contributed by atoms with Gasteiger partial charge in [-0.2, -0.15) is 5.10 Å². The summed E-state index contributed by atoms with van der Waals surface area (Å²) >= 11 is 0. The number of amides is 1. The third-order valence-corrected chi connectivity index (χ3v) is 4.65. The van der Waals surface area contributed by atoms with Crippen LogP contribution in [0.25, 0.3) is 16.9 Å². The van der Waals surface area contributed by atoms with Crippen molar-refractivity contribution in [2.24, 2.45) is 0 Å². The highest BCUT2D eigenvalue weighted by molar-refractivity contribution is 5.79. The Bertz CT molecular complexity index is 895. The molecule has 1 unspecified atom stereocenters. The fraction of sp³-hybridized carbons (Fsp3) is 0.278. The van der Waals surface area contributed by atoms with Crippen LogP contribution in [0.3, 0.4) is 0 Å². The van der Waals surface area contributed by atoms with Crippen LogP contribution in [-0.4, -0.2) is 27.0 Å². The number of hydrogen-bond acceptors (Lipinski definition) is 3. The van der Waals surface area contributed by atoms with E-state index in [9.17, 15) is 4.79 Å². The summed E-state index contributed by atoms with van der Waals surface area (Å²) in [5, 5.41) is 7.30. The highest BCUT2D eigenvalue weighted by Gasteiger charge is 2.23. The topological polar surface area (TPSA) is 59.3 Å². The van der Waals surface area contributed by atoms with Gasteiger partial charge in [-0.05, 0) is 25.0 Å². The van der Waals surface area contributed by atoms with E-state index >= 15 is 0 Å². The van der Waals surface area contributed by atoms with Crippen molar-refractivity contribution in [3.05, 3.63) is 53.3 Å². The van der Waals surface area contributed by atoms with Crippen LogP contribution in [0.1, 0.15) is 29.2 Å². The van der Waals surface area contributed by atoms with Gasteiger partial charge in [-0.3, -0.25) is 4.79 Å². The van der Waals surface area contributed by atoms with Gasteiger partial charge in [0.1, 0.15) is 0 Å². The first-order chi connectivity index (χ1) is 11.1. The molecule has 116 valence electrons. The van der Waals surface area contributed by atoms with E-state index in [0.717, 1.165) is 34.7 Å². The van der Waals surface area contributed by atoms with Crippen molar-refractivity contribution in [1.82, 2.24) is 19.9 Å². The Balaban J connectivity index is 1.78. The molecule has 0 saturated carbocycles. The molecule has 1 fully saturated rings. The van der Waals surface area contributed by atoms with Crippen molar-refractivity contribution in [3.63, 3.8) is 0 Å². The SMILES string of the molecule is Cc1nc2ccnn2c(-c2ccc(C3CNC(=O)C3)cc2)c1C. The molecule has 0 spiro atoms. The maximum Gasteiger partial charge on any atom is 0.220 e. The molecule has 23 heavy (non-hydrogen) atoms. The van der Waals surface area contributed by atoms with E-state index in [1.54, 1.807) is 6.20 Å². The molecule has 1 aliphatic heterocycles. The summed E-state index contributed by atoms with van der Waals surface area (Å²) in [4.78, 5) is 15.9. The molecular formula is C18H18N4O. The van der Waals surface area contributed by atoms with E-state index in [-0.39, 0.29) is 11.8 Å². The first-order valence-corrected chi connectivity index (χ1v) is 7.81. The molecule has 0 bridgehead atoms.